The second kappa shape index (κ2) is 6.23. The zero-order valence-corrected chi connectivity index (χ0v) is 12.4. The molecule has 1 saturated heterocycles. The summed E-state index contributed by atoms with van der Waals surface area (Å²) in [4.78, 5) is 19.1. The summed E-state index contributed by atoms with van der Waals surface area (Å²) in [5, 5.41) is 3.83. The molecule has 1 amide bonds. The molecule has 3 N–H and O–H groups in total. The predicted molar refractivity (Wildman–Crippen MR) is 79.6 cm³/mol. The molecule has 1 aliphatic rings. The van der Waals surface area contributed by atoms with E-state index in [4.69, 9.17) is 5.73 Å². The molecule has 0 bridgehead atoms. The van der Waals surface area contributed by atoms with Gasteiger partial charge in [-0.15, -0.1) is 0 Å². The van der Waals surface area contributed by atoms with Crippen LogP contribution in [0, 0.1) is 5.92 Å². The lowest BCUT2D eigenvalue weighted by Gasteiger charge is -2.31. The number of likely N-dealkylation sites (tertiary alicyclic amines) is 1. The second-order valence-corrected chi connectivity index (χ2v) is 5.91. The predicted octanol–water partition coefficient (Wildman–Crippen LogP) is 2.42. The molecule has 5 nitrogen and oxygen atoms in total. The lowest BCUT2D eigenvalue weighted by atomic mass is 9.94. The lowest BCUT2D eigenvalue weighted by Crippen LogP contribution is -2.38. The Bertz CT molecular complexity index is 438. The monoisotopic (exact) mass is 282 g/mol. The van der Waals surface area contributed by atoms with Crippen LogP contribution in [0.3, 0.4) is 0 Å². The number of nitrogens with two attached hydrogens (primary N) is 1. The van der Waals surface area contributed by atoms with Gasteiger partial charge in [0.15, 0.2) is 5.13 Å². The van der Waals surface area contributed by atoms with Gasteiger partial charge in [-0.2, -0.15) is 0 Å². The Labute approximate surface area is 118 Å². The standard InChI is InChI=1S/C13H22N4OS/c1-3-9-5-7-17(8-6-9)12(18)10-11(14)16-13(19-10)15-4-2/h9H,3-8,14H2,1-2H3,(H,15,16). The summed E-state index contributed by atoms with van der Waals surface area (Å²) in [6, 6.07) is 0. The van der Waals surface area contributed by atoms with Crippen LogP contribution < -0.4 is 11.1 Å². The van der Waals surface area contributed by atoms with E-state index in [0.717, 1.165) is 43.5 Å². The first-order valence-corrected chi connectivity index (χ1v) is 7.76. The van der Waals surface area contributed by atoms with Gasteiger partial charge in [-0.05, 0) is 25.7 Å². The van der Waals surface area contributed by atoms with Gasteiger partial charge in [-0.3, -0.25) is 4.79 Å². The van der Waals surface area contributed by atoms with Crippen molar-refractivity contribution in [1.29, 1.82) is 0 Å². The summed E-state index contributed by atoms with van der Waals surface area (Å²) in [7, 11) is 0. The van der Waals surface area contributed by atoms with Gasteiger partial charge < -0.3 is 16.0 Å². The zero-order chi connectivity index (χ0) is 13.8. The maximum Gasteiger partial charge on any atom is 0.267 e. The molecule has 0 unspecified atom stereocenters. The van der Waals surface area contributed by atoms with E-state index >= 15 is 0 Å². The molecule has 0 spiro atoms. The molecule has 0 radical (unpaired) electrons. The Hall–Kier alpha value is -1.30. The van der Waals surface area contributed by atoms with Gasteiger partial charge in [-0.1, -0.05) is 24.7 Å². The topological polar surface area (TPSA) is 71.2 Å². The molecule has 0 atom stereocenters. The fraction of sp³-hybridized carbons (Fsp3) is 0.692. The highest BCUT2D eigenvalue weighted by Gasteiger charge is 2.26. The van der Waals surface area contributed by atoms with Gasteiger partial charge in [0.2, 0.25) is 0 Å². The highest BCUT2D eigenvalue weighted by Crippen LogP contribution is 2.28. The molecule has 0 saturated carbocycles. The minimum absolute atomic E-state index is 0.0358. The number of nitrogen functional groups attached to an aromatic ring is 1. The largest absolute Gasteiger partial charge is 0.382 e. The SMILES string of the molecule is CCNc1nc(N)c(C(=O)N2CCC(CC)CC2)s1. The Morgan fingerprint density at radius 2 is 2.16 bits per heavy atom. The van der Waals surface area contributed by atoms with Crippen molar-refractivity contribution in [3.05, 3.63) is 4.88 Å². The van der Waals surface area contributed by atoms with Crippen LogP contribution in [0.4, 0.5) is 10.9 Å². The van der Waals surface area contributed by atoms with Crippen LogP contribution in [0.25, 0.3) is 0 Å². The molecule has 0 aromatic carbocycles. The van der Waals surface area contributed by atoms with Crippen LogP contribution in [0.1, 0.15) is 42.8 Å². The Balaban J connectivity index is 2.03. The lowest BCUT2D eigenvalue weighted by molar-refractivity contribution is 0.0694. The Morgan fingerprint density at radius 1 is 1.47 bits per heavy atom. The molecule has 6 heteroatoms. The van der Waals surface area contributed by atoms with Crippen LogP contribution in [-0.2, 0) is 0 Å². The number of thiazole rings is 1. The maximum atomic E-state index is 12.4. The zero-order valence-electron chi connectivity index (χ0n) is 11.6. The fourth-order valence-electron chi connectivity index (χ4n) is 2.40. The van der Waals surface area contributed by atoms with Crippen LogP contribution >= 0.6 is 11.3 Å². The molecule has 106 valence electrons. The van der Waals surface area contributed by atoms with Crippen molar-refractivity contribution in [3.8, 4) is 0 Å². The summed E-state index contributed by atoms with van der Waals surface area (Å²) >= 11 is 1.35. The van der Waals surface area contributed by atoms with E-state index in [1.807, 2.05) is 11.8 Å². The first kappa shape index (κ1) is 14.1. The average Bonchev–Trinajstić information content (AvgIpc) is 2.79. The Kier molecular flexibility index (Phi) is 4.63. The molecule has 1 fully saturated rings. The number of anilines is 2. The van der Waals surface area contributed by atoms with Crippen molar-refractivity contribution < 1.29 is 4.79 Å². The number of hydrogen-bond acceptors (Lipinski definition) is 5. The number of carbonyl (C=O) groups excluding carboxylic acids is 1. The van der Waals surface area contributed by atoms with Gasteiger partial charge in [-0.25, -0.2) is 4.98 Å². The van der Waals surface area contributed by atoms with Gasteiger partial charge in [0.1, 0.15) is 10.7 Å². The third-order valence-electron chi connectivity index (χ3n) is 3.65. The molecular weight excluding hydrogens is 260 g/mol. The third kappa shape index (κ3) is 3.18. The smallest absolute Gasteiger partial charge is 0.267 e. The first-order valence-electron chi connectivity index (χ1n) is 6.95. The van der Waals surface area contributed by atoms with Crippen molar-refractivity contribution in [2.45, 2.75) is 33.1 Å². The number of carbonyl (C=O) groups is 1. The number of rotatable bonds is 4. The van der Waals surface area contributed by atoms with Crippen LogP contribution in [0.5, 0.6) is 0 Å². The van der Waals surface area contributed by atoms with E-state index in [9.17, 15) is 4.79 Å². The van der Waals surface area contributed by atoms with Gasteiger partial charge in [0, 0.05) is 19.6 Å². The minimum Gasteiger partial charge on any atom is -0.382 e. The molecule has 1 aromatic rings. The summed E-state index contributed by atoms with van der Waals surface area (Å²) in [6.07, 6.45) is 3.40. The normalized spacial score (nSPS) is 16.6. The van der Waals surface area contributed by atoms with Crippen LogP contribution in [0.2, 0.25) is 0 Å². The van der Waals surface area contributed by atoms with Gasteiger partial charge >= 0.3 is 0 Å². The number of nitrogens with zero attached hydrogens (tertiary/aromatic N) is 2. The number of aromatic nitrogens is 1. The number of hydrogen-bond donors (Lipinski definition) is 2. The summed E-state index contributed by atoms with van der Waals surface area (Å²) in [5.41, 5.74) is 5.84. The quantitative estimate of drug-likeness (QED) is 0.889. The molecule has 2 heterocycles. The first-order chi connectivity index (χ1) is 9.15. The highest BCUT2D eigenvalue weighted by atomic mass is 32.1. The van der Waals surface area contributed by atoms with Crippen molar-refractivity contribution >= 4 is 28.2 Å². The van der Waals surface area contributed by atoms with E-state index in [-0.39, 0.29) is 5.91 Å². The molecule has 0 aliphatic carbocycles. The number of amides is 1. The minimum atomic E-state index is 0.0358. The van der Waals surface area contributed by atoms with Crippen molar-refractivity contribution in [1.82, 2.24) is 9.88 Å². The second-order valence-electron chi connectivity index (χ2n) is 4.91. The van der Waals surface area contributed by atoms with Crippen molar-refractivity contribution in [3.63, 3.8) is 0 Å². The van der Waals surface area contributed by atoms with E-state index in [0.29, 0.717) is 10.7 Å². The van der Waals surface area contributed by atoms with Crippen LogP contribution in [0.15, 0.2) is 0 Å². The van der Waals surface area contributed by atoms with Gasteiger partial charge in [0.05, 0.1) is 0 Å². The fourth-order valence-corrected chi connectivity index (χ4v) is 3.32. The van der Waals surface area contributed by atoms with E-state index in [1.54, 1.807) is 0 Å². The van der Waals surface area contributed by atoms with Crippen molar-refractivity contribution in [2.24, 2.45) is 5.92 Å². The Morgan fingerprint density at radius 3 is 2.74 bits per heavy atom. The number of nitrogens with one attached hydrogen (secondary N) is 1. The molecular formula is C13H22N4OS. The van der Waals surface area contributed by atoms with E-state index < -0.39 is 0 Å². The maximum absolute atomic E-state index is 12.4. The molecule has 2 rings (SSSR count). The van der Waals surface area contributed by atoms with Crippen molar-refractivity contribution in [2.75, 3.05) is 30.7 Å². The molecule has 1 aromatic heterocycles. The average molecular weight is 282 g/mol. The third-order valence-corrected chi connectivity index (χ3v) is 4.67. The summed E-state index contributed by atoms with van der Waals surface area (Å²) < 4.78 is 0. The van der Waals surface area contributed by atoms with Gasteiger partial charge in [0.25, 0.3) is 5.91 Å². The van der Waals surface area contributed by atoms with E-state index in [2.05, 4.69) is 17.2 Å². The highest BCUT2D eigenvalue weighted by molar-refractivity contribution is 7.18. The molecule has 19 heavy (non-hydrogen) atoms. The van der Waals surface area contributed by atoms with E-state index in [1.165, 1.54) is 17.8 Å². The summed E-state index contributed by atoms with van der Waals surface area (Å²) in [5.74, 6) is 1.15. The number of piperidine rings is 1. The summed E-state index contributed by atoms with van der Waals surface area (Å²) in [6.45, 7) is 6.67. The van der Waals surface area contributed by atoms with Crippen LogP contribution in [-0.4, -0.2) is 35.4 Å². The molecule has 1 aliphatic heterocycles.